The highest BCUT2D eigenvalue weighted by Crippen LogP contribution is 2.45. The van der Waals surface area contributed by atoms with E-state index in [0.717, 1.165) is 46.1 Å². The first-order valence-corrected chi connectivity index (χ1v) is 13.2. The lowest BCUT2D eigenvalue weighted by atomic mass is 9.92. The van der Waals surface area contributed by atoms with Gasteiger partial charge in [-0.2, -0.15) is 0 Å². The Balaban J connectivity index is 1.62. The molecule has 6 heteroatoms. The summed E-state index contributed by atoms with van der Waals surface area (Å²) in [6.07, 6.45) is 3.78. The largest absolute Gasteiger partial charge is 0.392 e. The van der Waals surface area contributed by atoms with E-state index in [2.05, 4.69) is 0 Å². The van der Waals surface area contributed by atoms with Crippen LogP contribution in [0.25, 0.3) is 28.1 Å². The Morgan fingerprint density at radius 1 is 1.05 bits per heavy atom. The molecule has 4 rings (SSSR count). The maximum Gasteiger partial charge on any atom is 0.225 e. The minimum atomic E-state index is -0.957. The molecule has 37 heavy (non-hydrogen) atoms. The summed E-state index contributed by atoms with van der Waals surface area (Å²) in [5.74, 6) is -0.0713. The normalized spacial score (nSPS) is 15.6. The topological polar surface area (TPSA) is 73.7 Å². The summed E-state index contributed by atoms with van der Waals surface area (Å²) in [5, 5.41) is 22.3. The van der Waals surface area contributed by atoms with Crippen molar-refractivity contribution in [2.75, 3.05) is 0 Å². The minimum absolute atomic E-state index is 0.0348. The number of aromatic nitrogens is 1. The Hall–Kier alpha value is -3.09. The average molecular weight is 505 g/mol. The van der Waals surface area contributed by atoms with Gasteiger partial charge in [0.05, 0.1) is 29.8 Å². The van der Waals surface area contributed by atoms with Crippen molar-refractivity contribution in [1.82, 2.24) is 9.88 Å². The summed E-state index contributed by atoms with van der Waals surface area (Å²) in [4.78, 5) is 19.4. The van der Waals surface area contributed by atoms with Gasteiger partial charge in [-0.25, -0.2) is 4.39 Å². The fourth-order valence-corrected chi connectivity index (χ4v) is 5.14. The smallest absolute Gasteiger partial charge is 0.225 e. The Labute approximate surface area is 218 Å². The fraction of sp³-hybridized carbons (Fsp3) is 0.419. The highest BCUT2D eigenvalue weighted by Gasteiger charge is 2.30. The number of para-hydroxylation sites is 1. The second kappa shape index (κ2) is 11.5. The van der Waals surface area contributed by atoms with Crippen LogP contribution >= 0.6 is 0 Å². The first-order valence-electron chi connectivity index (χ1n) is 13.2. The number of carbonyl (C=O) groups is 1. The van der Waals surface area contributed by atoms with Crippen LogP contribution < -0.4 is 0 Å². The third-order valence-corrected chi connectivity index (χ3v) is 6.87. The molecule has 1 amide bonds. The van der Waals surface area contributed by atoms with Gasteiger partial charge in [-0.05, 0) is 64.3 Å². The number of aliphatic hydroxyl groups excluding tert-OH is 2. The van der Waals surface area contributed by atoms with Crippen LogP contribution in [0.3, 0.4) is 0 Å². The molecular weight excluding hydrogens is 467 g/mol. The van der Waals surface area contributed by atoms with Crippen LogP contribution in [0, 0.1) is 5.82 Å². The van der Waals surface area contributed by atoms with Crippen LogP contribution in [0.15, 0.2) is 54.6 Å². The highest BCUT2D eigenvalue weighted by molar-refractivity contribution is 5.99. The maximum absolute atomic E-state index is 13.7. The van der Waals surface area contributed by atoms with Crippen LogP contribution in [0.4, 0.5) is 4.39 Å². The lowest BCUT2D eigenvalue weighted by Crippen LogP contribution is -2.43. The van der Waals surface area contributed by atoms with Gasteiger partial charge in [-0.15, -0.1) is 0 Å². The molecule has 0 unspecified atom stereocenters. The fourth-order valence-electron chi connectivity index (χ4n) is 5.14. The van der Waals surface area contributed by atoms with Crippen molar-refractivity contribution in [2.24, 2.45) is 0 Å². The summed E-state index contributed by atoms with van der Waals surface area (Å²) >= 11 is 0. The summed E-state index contributed by atoms with van der Waals surface area (Å²) in [5.41, 5.74) is 4.60. The average Bonchev–Trinajstić information content (AvgIpc) is 3.67. The molecule has 1 fully saturated rings. The van der Waals surface area contributed by atoms with E-state index in [4.69, 9.17) is 4.98 Å². The summed E-state index contributed by atoms with van der Waals surface area (Å²) in [7, 11) is 0. The lowest BCUT2D eigenvalue weighted by molar-refractivity contribution is -0.137. The summed E-state index contributed by atoms with van der Waals surface area (Å²) in [6.45, 7) is 7.82. The van der Waals surface area contributed by atoms with Crippen molar-refractivity contribution >= 4 is 22.9 Å². The molecule has 1 heterocycles. The molecule has 0 saturated heterocycles. The van der Waals surface area contributed by atoms with Crippen molar-refractivity contribution in [3.05, 3.63) is 71.7 Å². The van der Waals surface area contributed by atoms with Crippen molar-refractivity contribution in [3.63, 3.8) is 0 Å². The molecule has 5 nitrogen and oxygen atoms in total. The van der Waals surface area contributed by atoms with Gasteiger partial charge in [0.25, 0.3) is 0 Å². The molecule has 0 bridgehead atoms. The van der Waals surface area contributed by atoms with Crippen LogP contribution in [0.2, 0.25) is 0 Å². The van der Waals surface area contributed by atoms with E-state index in [1.165, 1.54) is 12.1 Å². The third-order valence-electron chi connectivity index (χ3n) is 6.87. The van der Waals surface area contributed by atoms with Crippen LogP contribution in [-0.2, 0) is 4.79 Å². The molecule has 2 N–H and O–H groups in total. The standard InChI is InChI=1S/C31H37FN2O3/c1-19(2)34(20(3)4)29(37)18-25(36)17-24(35)15-16-27-30(21-11-13-23(32)14-12-21)26-7-5-6-8-28(26)33-31(27)22-9-10-22/h5-8,11-16,19-20,22,24-25,35-36H,9-10,17-18H2,1-4H3/b16-15+/t24-,25-/m1/s1. The number of rotatable bonds is 10. The number of amides is 1. The number of pyridine rings is 1. The summed E-state index contributed by atoms with van der Waals surface area (Å²) < 4.78 is 13.7. The van der Waals surface area contributed by atoms with E-state index >= 15 is 0 Å². The Morgan fingerprint density at radius 3 is 2.32 bits per heavy atom. The SMILES string of the molecule is CC(C)N(C(=O)C[C@H](O)C[C@H](O)/C=C/c1c(C2CC2)nc2ccccc2c1-c1ccc(F)cc1)C(C)C. The molecule has 2 atom stereocenters. The van der Waals surface area contributed by atoms with E-state index in [1.807, 2.05) is 58.0 Å². The Bertz CT molecular complexity index is 1260. The van der Waals surface area contributed by atoms with Crippen LogP contribution in [0.1, 0.15) is 70.6 Å². The van der Waals surface area contributed by atoms with Crippen molar-refractivity contribution in [2.45, 2.75) is 83.6 Å². The maximum atomic E-state index is 13.7. The van der Waals surface area contributed by atoms with Gasteiger partial charge < -0.3 is 15.1 Å². The predicted molar refractivity (Wildman–Crippen MR) is 147 cm³/mol. The summed E-state index contributed by atoms with van der Waals surface area (Å²) in [6, 6.07) is 14.4. The zero-order valence-corrected chi connectivity index (χ0v) is 22.1. The van der Waals surface area contributed by atoms with Gasteiger partial charge in [-0.3, -0.25) is 9.78 Å². The Kier molecular flexibility index (Phi) is 8.40. The quantitative estimate of drug-likeness (QED) is 0.351. The second-order valence-electron chi connectivity index (χ2n) is 10.6. The molecule has 1 aliphatic carbocycles. The zero-order valence-electron chi connectivity index (χ0n) is 22.1. The predicted octanol–water partition coefficient (Wildman–Crippen LogP) is 6.08. The molecule has 1 aliphatic rings. The number of aliphatic hydroxyl groups is 2. The van der Waals surface area contributed by atoms with Gasteiger partial charge in [-0.1, -0.05) is 42.5 Å². The van der Waals surface area contributed by atoms with Gasteiger partial charge in [0.1, 0.15) is 5.82 Å². The number of carbonyl (C=O) groups excluding carboxylic acids is 1. The van der Waals surface area contributed by atoms with Crippen molar-refractivity contribution < 1.29 is 19.4 Å². The zero-order chi connectivity index (χ0) is 26.7. The molecule has 3 aromatic rings. The number of hydrogen-bond donors (Lipinski definition) is 2. The monoisotopic (exact) mass is 504 g/mol. The van der Waals surface area contributed by atoms with Crippen LogP contribution in [0.5, 0.6) is 0 Å². The first kappa shape index (κ1) is 27.0. The molecule has 1 saturated carbocycles. The van der Waals surface area contributed by atoms with Crippen molar-refractivity contribution in [1.29, 1.82) is 0 Å². The first-order chi connectivity index (χ1) is 17.7. The molecule has 2 aromatic carbocycles. The molecule has 1 aromatic heterocycles. The molecule has 0 aliphatic heterocycles. The van der Waals surface area contributed by atoms with Gasteiger partial charge in [0.2, 0.25) is 5.91 Å². The second-order valence-corrected chi connectivity index (χ2v) is 10.6. The van der Waals surface area contributed by atoms with E-state index in [9.17, 15) is 19.4 Å². The number of fused-ring (bicyclic) bond motifs is 1. The molecule has 196 valence electrons. The van der Waals surface area contributed by atoms with E-state index < -0.39 is 12.2 Å². The minimum Gasteiger partial charge on any atom is -0.392 e. The highest BCUT2D eigenvalue weighted by atomic mass is 19.1. The molecule has 0 spiro atoms. The van der Waals surface area contributed by atoms with Crippen molar-refractivity contribution in [3.8, 4) is 11.1 Å². The lowest BCUT2D eigenvalue weighted by Gasteiger charge is -2.31. The van der Waals surface area contributed by atoms with Gasteiger partial charge in [0, 0.05) is 40.9 Å². The van der Waals surface area contributed by atoms with E-state index in [-0.39, 0.29) is 36.6 Å². The number of benzene rings is 2. The number of nitrogens with zero attached hydrogens (tertiary/aromatic N) is 2. The van der Waals surface area contributed by atoms with E-state index in [1.54, 1.807) is 23.1 Å². The number of halogens is 1. The molecule has 0 radical (unpaired) electrons. The van der Waals surface area contributed by atoms with E-state index in [0.29, 0.717) is 5.92 Å². The van der Waals surface area contributed by atoms with Gasteiger partial charge >= 0.3 is 0 Å². The van der Waals surface area contributed by atoms with Gasteiger partial charge in [0.15, 0.2) is 0 Å². The molecular formula is C31H37FN2O3. The Morgan fingerprint density at radius 2 is 1.70 bits per heavy atom. The third kappa shape index (κ3) is 6.43. The number of hydrogen-bond acceptors (Lipinski definition) is 4. The van der Waals surface area contributed by atoms with Crippen LogP contribution in [-0.4, -0.2) is 50.3 Å².